The van der Waals surface area contributed by atoms with E-state index in [1.807, 2.05) is 0 Å². The molecule has 2 aromatic heterocycles. The first-order chi connectivity index (χ1) is 11.1. The highest BCUT2D eigenvalue weighted by Gasteiger charge is 2.17. The number of halogens is 3. The van der Waals surface area contributed by atoms with Crippen LogP contribution in [0.3, 0.4) is 0 Å². The van der Waals surface area contributed by atoms with Gasteiger partial charge in [-0.15, -0.1) is 0 Å². The van der Waals surface area contributed by atoms with E-state index in [1.165, 1.54) is 17.1 Å². The van der Waals surface area contributed by atoms with Gasteiger partial charge < -0.3 is 0 Å². The molecule has 0 saturated heterocycles. The Labute approximate surface area is 136 Å². The number of benzene rings is 1. The summed E-state index contributed by atoms with van der Waals surface area (Å²) in [5, 5.41) is 4.46. The van der Waals surface area contributed by atoms with Gasteiger partial charge in [0.05, 0.1) is 17.1 Å². The average molecular weight is 336 g/mol. The Hall–Kier alpha value is -2.41. The molecule has 0 atom stereocenters. The van der Waals surface area contributed by atoms with E-state index in [-0.39, 0.29) is 11.6 Å². The lowest BCUT2D eigenvalue weighted by Crippen LogP contribution is -2.05. The monoisotopic (exact) mass is 335 g/mol. The topological polar surface area (TPSA) is 56.5 Å². The Bertz CT molecular complexity index is 835. The first-order valence-corrected chi connectivity index (χ1v) is 7.20. The number of nitrogens with zero attached hydrogens (tertiary/aromatic N) is 5. The third kappa shape index (κ3) is 3.05. The van der Waals surface area contributed by atoms with E-state index in [0.29, 0.717) is 28.3 Å². The van der Waals surface area contributed by atoms with Crippen LogP contribution in [0, 0.1) is 12.7 Å². The first-order valence-electron chi connectivity index (χ1n) is 6.82. The van der Waals surface area contributed by atoms with Crippen molar-refractivity contribution >= 4 is 11.6 Å². The number of hydrogen-bond acceptors (Lipinski definition) is 4. The van der Waals surface area contributed by atoms with Crippen LogP contribution in [0.1, 0.15) is 5.56 Å². The Morgan fingerprint density at radius 3 is 2.65 bits per heavy atom. The fraction of sp³-hybridized carbons (Fsp3) is 0.200. The molecule has 118 valence electrons. The molecule has 8 heteroatoms. The zero-order valence-corrected chi connectivity index (χ0v) is 12.9. The lowest BCUT2D eigenvalue weighted by atomic mass is 10.1. The predicted octanol–water partition coefficient (Wildman–Crippen LogP) is 3.47. The minimum Gasteiger partial charge on any atom is -0.249 e. The molecular formula is C15H12ClF2N5. The van der Waals surface area contributed by atoms with Gasteiger partial charge in [0.2, 0.25) is 0 Å². The van der Waals surface area contributed by atoms with E-state index >= 15 is 0 Å². The number of aryl methyl sites for hydroxylation is 2. The summed E-state index contributed by atoms with van der Waals surface area (Å²) < 4.78 is 27.8. The third-order valence-electron chi connectivity index (χ3n) is 3.28. The quantitative estimate of drug-likeness (QED) is 0.732. The summed E-state index contributed by atoms with van der Waals surface area (Å²) in [6, 6.07) is 2.79. The molecular weight excluding hydrogens is 324 g/mol. The van der Waals surface area contributed by atoms with Gasteiger partial charge in [-0.1, -0.05) is 11.6 Å². The van der Waals surface area contributed by atoms with Crippen LogP contribution >= 0.6 is 11.6 Å². The summed E-state index contributed by atoms with van der Waals surface area (Å²) >= 11 is 6.12. The average Bonchev–Trinajstić information content (AvgIpc) is 2.96. The van der Waals surface area contributed by atoms with Crippen molar-refractivity contribution in [2.24, 2.45) is 0 Å². The molecule has 0 radical (unpaired) electrons. The summed E-state index contributed by atoms with van der Waals surface area (Å²) in [5.41, 5.74) is 1.51. The second-order valence-electron chi connectivity index (χ2n) is 4.88. The Morgan fingerprint density at radius 2 is 1.96 bits per heavy atom. The number of alkyl halides is 1. The Kier molecular flexibility index (Phi) is 4.29. The van der Waals surface area contributed by atoms with Gasteiger partial charge in [-0.25, -0.2) is 28.4 Å². The minimum absolute atomic E-state index is 0.0166. The number of aromatic nitrogens is 5. The number of hydrogen-bond donors (Lipinski definition) is 0. The van der Waals surface area contributed by atoms with Crippen molar-refractivity contribution in [1.29, 1.82) is 0 Å². The first kappa shape index (κ1) is 15.5. The van der Waals surface area contributed by atoms with Crippen molar-refractivity contribution in [2.45, 2.75) is 13.5 Å². The smallest absolute Gasteiger partial charge is 0.184 e. The molecule has 0 unspecified atom stereocenters. The van der Waals surface area contributed by atoms with E-state index in [0.717, 1.165) is 0 Å². The van der Waals surface area contributed by atoms with E-state index in [2.05, 4.69) is 20.1 Å². The second-order valence-corrected chi connectivity index (χ2v) is 5.29. The molecule has 5 nitrogen and oxygen atoms in total. The van der Waals surface area contributed by atoms with Gasteiger partial charge in [0.15, 0.2) is 11.6 Å². The summed E-state index contributed by atoms with van der Waals surface area (Å²) in [6.07, 6.45) is 4.51. The van der Waals surface area contributed by atoms with Gasteiger partial charge in [0.25, 0.3) is 0 Å². The van der Waals surface area contributed by atoms with E-state index in [4.69, 9.17) is 11.6 Å². The molecule has 0 bridgehead atoms. The molecule has 0 saturated carbocycles. The van der Waals surface area contributed by atoms with Crippen molar-refractivity contribution in [1.82, 2.24) is 24.7 Å². The molecule has 0 aliphatic rings. The highest BCUT2D eigenvalue weighted by atomic mass is 35.5. The van der Waals surface area contributed by atoms with Gasteiger partial charge in [-0.3, -0.25) is 0 Å². The van der Waals surface area contributed by atoms with Crippen LogP contribution < -0.4 is 0 Å². The molecule has 2 heterocycles. The normalized spacial score (nSPS) is 11.0. The standard InChI is InChI=1S/C15H12ClF2N5/c1-9-4-11(12(16)5-13(9)18)15-21-14(22-23(15)3-2-17)10-6-19-8-20-7-10/h4-8H,2-3H2,1H3. The molecule has 0 aliphatic heterocycles. The number of rotatable bonds is 4. The maximum atomic E-state index is 13.6. The van der Waals surface area contributed by atoms with Crippen LogP contribution in [0.5, 0.6) is 0 Å². The molecule has 0 fully saturated rings. The van der Waals surface area contributed by atoms with Crippen LogP contribution in [0.2, 0.25) is 5.02 Å². The molecule has 0 N–H and O–H groups in total. The van der Waals surface area contributed by atoms with Gasteiger partial charge in [-0.2, -0.15) is 5.10 Å². The SMILES string of the molecule is Cc1cc(-c2nc(-c3cncnc3)nn2CCF)c(Cl)cc1F. The summed E-state index contributed by atoms with van der Waals surface area (Å²) in [7, 11) is 0. The molecule has 0 spiro atoms. The van der Waals surface area contributed by atoms with Crippen molar-refractivity contribution < 1.29 is 8.78 Å². The lowest BCUT2D eigenvalue weighted by Gasteiger charge is -2.07. The van der Waals surface area contributed by atoms with Crippen LogP contribution in [0.25, 0.3) is 22.8 Å². The third-order valence-corrected chi connectivity index (χ3v) is 3.59. The molecule has 0 amide bonds. The predicted molar refractivity (Wildman–Crippen MR) is 82.2 cm³/mol. The van der Waals surface area contributed by atoms with E-state index < -0.39 is 12.5 Å². The van der Waals surface area contributed by atoms with Crippen molar-refractivity contribution in [3.8, 4) is 22.8 Å². The minimum atomic E-state index is -0.612. The zero-order chi connectivity index (χ0) is 16.4. The summed E-state index contributed by atoms with van der Waals surface area (Å²) in [6.45, 7) is 1.03. The largest absolute Gasteiger partial charge is 0.249 e. The molecule has 0 aliphatic carbocycles. The highest BCUT2D eigenvalue weighted by Crippen LogP contribution is 2.30. The fourth-order valence-electron chi connectivity index (χ4n) is 2.14. The van der Waals surface area contributed by atoms with E-state index in [1.54, 1.807) is 25.4 Å². The van der Waals surface area contributed by atoms with Crippen molar-refractivity contribution in [3.05, 3.63) is 47.3 Å². The lowest BCUT2D eigenvalue weighted by molar-refractivity contribution is 0.429. The molecule has 1 aromatic carbocycles. The van der Waals surface area contributed by atoms with Gasteiger partial charge in [0.1, 0.15) is 18.8 Å². The Balaban J connectivity index is 2.15. The maximum absolute atomic E-state index is 13.6. The second kappa shape index (κ2) is 6.37. The van der Waals surface area contributed by atoms with Crippen LogP contribution in [0.4, 0.5) is 8.78 Å². The molecule has 3 aromatic rings. The van der Waals surface area contributed by atoms with Crippen LogP contribution in [-0.2, 0) is 6.54 Å². The zero-order valence-electron chi connectivity index (χ0n) is 12.2. The van der Waals surface area contributed by atoms with Gasteiger partial charge in [-0.05, 0) is 24.6 Å². The Morgan fingerprint density at radius 1 is 1.22 bits per heavy atom. The van der Waals surface area contributed by atoms with Crippen molar-refractivity contribution in [3.63, 3.8) is 0 Å². The van der Waals surface area contributed by atoms with Crippen LogP contribution in [-0.4, -0.2) is 31.4 Å². The highest BCUT2D eigenvalue weighted by molar-refractivity contribution is 6.33. The van der Waals surface area contributed by atoms with Crippen LogP contribution in [0.15, 0.2) is 30.9 Å². The molecule has 3 rings (SSSR count). The summed E-state index contributed by atoms with van der Waals surface area (Å²) in [5.74, 6) is 0.314. The maximum Gasteiger partial charge on any atom is 0.184 e. The summed E-state index contributed by atoms with van der Waals surface area (Å²) in [4.78, 5) is 12.2. The van der Waals surface area contributed by atoms with Gasteiger partial charge in [0, 0.05) is 18.0 Å². The van der Waals surface area contributed by atoms with Gasteiger partial charge >= 0.3 is 0 Å². The fourth-order valence-corrected chi connectivity index (χ4v) is 2.38. The van der Waals surface area contributed by atoms with E-state index in [9.17, 15) is 8.78 Å². The van der Waals surface area contributed by atoms with Crippen molar-refractivity contribution in [2.75, 3.05) is 6.67 Å². The molecule has 23 heavy (non-hydrogen) atoms.